The van der Waals surface area contributed by atoms with Crippen molar-refractivity contribution in [2.45, 2.75) is 45.2 Å². The standard InChI is InChI=1S/C22H29N3O3/c1-4-18-7-5-6-12-25(18)22(26)17-10-11-23-21(14-17)24-15-16-8-9-19(27-2)20(13-16)28-3/h8-11,13-14,18H,4-7,12,15H2,1-3H3,(H,23,24). The van der Waals surface area contributed by atoms with Crippen LogP contribution in [-0.4, -0.2) is 42.6 Å². The van der Waals surface area contributed by atoms with Gasteiger partial charge in [-0.3, -0.25) is 4.79 Å². The highest BCUT2D eigenvalue weighted by atomic mass is 16.5. The first-order valence-electron chi connectivity index (χ1n) is 9.88. The second-order valence-corrected chi connectivity index (χ2v) is 7.03. The van der Waals surface area contributed by atoms with E-state index >= 15 is 0 Å². The molecule has 1 unspecified atom stereocenters. The van der Waals surface area contributed by atoms with Gasteiger partial charge in [-0.25, -0.2) is 4.98 Å². The van der Waals surface area contributed by atoms with Gasteiger partial charge < -0.3 is 19.7 Å². The van der Waals surface area contributed by atoms with Crippen LogP contribution in [0, 0.1) is 0 Å². The van der Waals surface area contributed by atoms with Gasteiger partial charge in [-0.15, -0.1) is 0 Å². The zero-order chi connectivity index (χ0) is 19.9. The van der Waals surface area contributed by atoms with Crippen LogP contribution in [0.4, 0.5) is 5.82 Å². The van der Waals surface area contributed by atoms with Crippen molar-refractivity contribution >= 4 is 11.7 Å². The predicted molar refractivity (Wildman–Crippen MR) is 110 cm³/mol. The Hall–Kier alpha value is -2.76. The molecule has 3 rings (SSSR count). The average Bonchev–Trinajstić information content (AvgIpc) is 2.77. The van der Waals surface area contributed by atoms with E-state index < -0.39 is 0 Å². The molecule has 1 aliphatic rings. The van der Waals surface area contributed by atoms with Crippen LogP contribution in [0.3, 0.4) is 0 Å². The summed E-state index contributed by atoms with van der Waals surface area (Å²) in [6, 6.07) is 9.77. The molecule has 1 saturated heterocycles. The first kappa shape index (κ1) is 20.0. The number of piperidine rings is 1. The molecule has 6 heteroatoms. The molecule has 0 aliphatic carbocycles. The third-order valence-electron chi connectivity index (χ3n) is 5.29. The summed E-state index contributed by atoms with van der Waals surface area (Å²) in [5.41, 5.74) is 1.73. The number of likely N-dealkylation sites (tertiary alicyclic amines) is 1. The average molecular weight is 383 g/mol. The lowest BCUT2D eigenvalue weighted by molar-refractivity contribution is 0.0608. The van der Waals surface area contributed by atoms with Gasteiger partial charge in [-0.2, -0.15) is 0 Å². The van der Waals surface area contributed by atoms with Crippen LogP contribution in [0.2, 0.25) is 0 Å². The summed E-state index contributed by atoms with van der Waals surface area (Å²) in [6.07, 6.45) is 6.07. The van der Waals surface area contributed by atoms with Gasteiger partial charge in [0, 0.05) is 30.9 Å². The molecular weight excluding hydrogens is 354 g/mol. The van der Waals surface area contributed by atoms with E-state index in [1.807, 2.05) is 29.2 Å². The van der Waals surface area contributed by atoms with Crippen LogP contribution in [0.5, 0.6) is 11.5 Å². The van der Waals surface area contributed by atoms with Crippen LogP contribution in [-0.2, 0) is 6.54 Å². The number of carbonyl (C=O) groups is 1. The molecule has 1 aromatic heterocycles. The lowest BCUT2D eigenvalue weighted by atomic mass is 9.99. The summed E-state index contributed by atoms with van der Waals surface area (Å²) in [5.74, 6) is 2.17. The smallest absolute Gasteiger partial charge is 0.254 e. The molecule has 1 atom stereocenters. The Kier molecular flexibility index (Phi) is 6.74. The maximum atomic E-state index is 13.0. The summed E-state index contributed by atoms with van der Waals surface area (Å²) in [6.45, 7) is 3.57. The fourth-order valence-corrected chi connectivity index (χ4v) is 3.70. The van der Waals surface area contributed by atoms with E-state index in [4.69, 9.17) is 9.47 Å². The second kappa shape index (κ2) is 9.44. The molecule has 1 aliphatic heterocycles. The lowest BCUT2D eigenvalue weighted by Gasteiger charge is -2.35. The Morgan fingerprint density at radius 2 is 2.00 bits per heavy atom. The van der Waals surface area contributed by atoms with Crippen molar-refractivity contribution in [1.29, 1.82) is 0 Å². The minimum absolute atomic E-state index is 0.100. The molecule has 0 bridgehead atoms. The predicted octanol–water partition coefficient (Wildman–Crippen LogP) is 4.12. The molecule has 28 heavy (non-hydrogen) atoms. The van der Waals surface area contributed by atoms with E-state index in [0.29, 0.717) is 35.5 Å². The van der Waals surface area contributed by atoms with Gasteiger partial charge in [-0.05, 0) is 55.5 Å². The molecule has 1 aromatic carbocycles. The lowest BCUT2D eigenvalue weighted by Crippen LogP contribution is -2.43. The Balaban J connectivity index is 1.69. The summed E-state index contributed by atoms with van der Waals surface area (Å²) < 4.78 is 10.6. The Bertz CT molecular complexity index is 809. The van der Waals surface area contributed by atoms with Crippen molar-refractivity contribution in [2.24, 2.45) is 0 Å². The van der Waals surface area contributed by atoms with Crippen LogP contribution in [0.15, 0.2) is 36.5 Å². The molecule has 0 radical (unpaired) electrons. The number of benzene rings is 1. The van der Waals surface area contributed by atoms with Gasteiger partial charge in [0.05, 0.1) is 14.2 Å². The van der Waals surface area contributed by atoms with Crippen molar-refractivity contribution in [2.75, 3.05) is 26.1 Å². The first-order valence-corrected chi connectivity index (χ1v) is 9.88. The monoisotopic (exact) mass is 383 g/mol. The molecular formula is C22H29N3O3. The third kappa shape index (κ3) is 4.55. The molecule has 150 valence electrons. The number of rotatable bonds is 7. The summed E-state index contributed by atoms with van der Waals surface area (Å²) >= 11 is 0. The molecule has 1 fully saturated rings. The maximum absolute atomic E-state index is 13.0. The Morgan fingerprint density at radius 1 is 1.18 bits per heavy atom. The van der Waals surface area contributed by atoms with Crippen LogP contribution in [0.25, 0.3) is 0 Å². The van der Waals surface area contributed by atoms with E-state index in [1.54, 1.807) is 26.5 Å². The number of nitrogens with zero attached hydrogens (tertiary/aromatic N) is 2. The van der Waals surface area contributed by atoms with Gasteiger partial charge >= 0.3 is 0 Å². The normalized spacial score (nSPS) is 16.5. The van der Waals surface area contributed by atoms with Crippen molar-refractivity contribution in [3.05, 3.63) is 47.7 Å². The first-order chi connectivity index (χ1) is 13.7. The number of anilines is 1. The van der Waals surface area contributed by atoms with Crippen LogP contribution >= 0.6 is 0 Å². The van der Waals surface area contributed by atoms with E-state index in [1.165, 1.54) is 6.42 Å². The molecule has 1 amide bonds. The van der Waals surface area contributed by atoms with Gasteiger partial charge in [0.2, 0.25) is 0 Å². The Morgan fingerprint density at radius 3 is 2.75 bits per heavy atom. The summed E-state index contributed by atoms with van der Waals surface area (Å²) in [4.78, 5) is 19.4. The minimum atomic E-state index is 0.100. The molecule has 1 N–H and O–H groups in total. The number of ether oxygens (including phenoxy) is 2. The number of pyridine rings is 1. The zero-order valence-electron chi connectivity index (χ0n) is 16.9. The van der Waals surface area contributed by atoms with Crippen molar-refractivity contribution in [3.8, 4) is 11.5 Å². The van der Waals surface area contributed by atoms with Crippen LogP contribution in [0.1, 0.15) is 48.5 Å². The fraction of sp³-hybridized carbons (Fsp3) is 0.455. The second-order valence-electron chi connectivity index (χ2n) is 7.03. The van der Waals surface area contributed by atoms with Crippen molar-refractivity contribution in [3.63, 3.8) is 0 Å². The van der Waals surface area contributed by atoms with Gasteiger partial charge in [0.25, 0.3) is 5.91 Å². The molecule has 2 aromatic rings. The highest BCUT2D eigenvalue weighted by Crippen LogP contribution is 2.28. The fourth-order valence-electron chi connectivity index (χ4n) is 3.70. The zero-order valence-corrected chi connectivity index (χ0v) is 16.9. The topological polar surface area (TPSA) is 63.7 Å². The number of hydrogen-bond acceptors (Lipinski definition) is 5. The number of carbonyl (C=O) groups excluding carboxylic acids is 1. The van der Waals surface area contributed by atoms with Crippen LogP contribution < -0.4 is 14.8 Å². The van der Waals surface area contributed by atoms with E-state index in [2.05, 4.69) is 17.2 Å². The molecule has 6 nitrogen and oxygen atoms in total. The number of aromatic nitrogens is 1. The molecule has 0 saturated carbocycles. The SMILES string of the molecule is CCC1CCCCN1C(=O)c1ccnc(NCc2ccc(OC)c(OC)c2)c1. The summed E-state index contributed by atoms with van der Waals surface area (Å²) in [7, 11) is 3.24. The largest absolute Gasteiger partial charge is 0.493 e. The quantitative estimate of drug-likeness (QED) is 0.779. The van der Waals surface area contributed by atoms with Gasteiger partial charge in [0.15, 0.2) is 11.5 Å². The van der Waals surface area contributed by atoms with E-state index in [-0.39, 0.29) is 5.91 Å². The summed E-state index contributed by atoms with van der Waals surface area (Å²) in [5, 5.41) is 3.29. The third-order valence-corrected chi connectivity index (χ3v) is 5.29. The molecule has 0 spiro atoms. The van der Waals surface area contributed by atoms with Gasteiger partial charge in [0.1, 0.15) is 5.82 Å². The van der Waals surface area contributed by atoms with E-state index in [0.717, 1.165) is 31.4 Å². The maximum Gasteiger partial charge on any atom is 0.254 e. The number of methoxy groups -OCH3 is 2. The Labute approximate surface area is 166 Å². The van der Waals surface area contributed by atoms with Gasteiger partial charge in [-0.1, -0.05) is 13.0 Å². The minimum Gasteiger partial charge on any atom is -0.493 e. The molecule has 2 heterocycles. The highest BCUT2D eigenvalue weighted by Gasteiger charge is 2.26. The number of nitrogens with one attached hydrogen (secondary N) is 1. The van der Waals surface area contributed by atoms with E-state index in [9.17, 15) is 4.79 Å². The number of amides is 1. The highest BCUT2D eigenvalue weighted by molar-refractivity contribution is 5.95. The number of hydrogen-bond donors (Lipinski definition) is 1. The van der Waals surface area contributed by atoms with Crippen molar-refractivity contribution < 1.29 is 14.3 Å². The van der Waals surface area contributed by atoms with Crippen molar-refractivity contribution in [1.82, 2.24) is 9.88 Å².